The summed E-state index contributed by atoms with van der Waals surface area (Å²) in [5, 5.41) is 8.53. The molecule has 5 heteroatoms. The highest BCUT2D eigenvalue weighted by Crippen LogP contribution is 2.52. The number of aliphatic carboxylic acids is 1. The molecule has 2 fully saturated rings. The molecule has 2 rings (SSSR count). The fourth-order valence-electron chi connectivity index (χ4n) is 1.92. The summed E-state index contributed by atoms with van der Waals surface area (Å²) in [6, 6.07) is 0. The molecule has 1 aliphatic heterocycles. The van der Waals surface area contributed by atoms with E-state index in [2.05, 4.69) is 0 Å². The van der Waals surface area contributed by atoms with Crippen molar-refractivity contribution in [3.05, 3.63) is 0 Å². The summed E-state index contributed by atoms with van der Waals surface area (Å²) in [4.78, 5) is 10.4. The molecule has 11 heavy (non-hydrogen) atoms. The molecule has 1 saturated heterocycles. The molecule has 0 unspecified atom stereocenters. The van der Waals surface area contributed by atoms with Crippen molar-refractivity contribution in [2.24, 2.45) is 17.8 Å². The first kappa shape index (κ1) is 7.09. The molecule has 0 spiro atoms. The van der Waals surface area contributed by atoms with Crippen LogP contribution in [0.4, 0.5) is 0 Å². The van der Waals surface area contributed by atoms with Crippen LogP contribution in [0.15, 0.2) is 0 Å². The van der Waals surface area contributed by atoms with Gasteiger partial charge in [0.15, 0.2) is 9.84 Å². The van der Waals surface area contributed by atoms with E-state index < -0.39 is 15.8 Å². The van der Waals surface area contributed by atoms with Crippen LogP contribution < -0.4 is 0 Å². The van der Waals surface area contributed by atoms with E-state index in [0.717, 1.165) is 0 Å². The molecule has 1 heterocycles. The van der Waals surface area contributed by atoms with E-state index in [1.807, 2.05) is 0 Å². The Morgan fingerprint density at radius 2 is 1.73 bits per heavy atom. The van der Waals surface area contributed by atoms with Gasteiger partial charge < -0.3 is 5.11 Å². The van der Waals surface area contributed by atoms with Crippen LogP contribution in [0, 0.1) is 17.8 Å². The zero-order valence-corrected chi connectivity index (χ0v) is 6.54. The van der Waals surface area contributed by atoms with Crippen molar-refractivity contribution in [2.45, 2.75) is 0 Å². The van der Waals surface area contributed by atoms with Gasteiger partial charge in [0.2, 0.25) is 0 Å². The van der Waals surface area contributed by atoms with E-state index >= 15 is 0 Å². The number of fused-ring (bicyclic) bond motifs is 1. The summed E-state index contributed by atoms with van der Waals surface area (Å²) in [7, 11) is -2.88. The summed E-state index contributed by atoms with van der Waals surface area (Å²) >= 11 is 0. The van der Waals surface area contributed by atoms with Gasteiger partial charge >= 0.3 is 5.97 Å². The fourth-order valence-corrected chi connectivity index (χ4v) is 4.14. The van der Waals surface area contributed by atoms with Crippen LogP contribution in [0.3, 0.4) is 0 Å². The number of carboxylic acids is 1. The van der Waals surface area contributed by atoms with Crippen LogP contribution in [-0.4, -0.2) is 31.0 Å². The Balaban J connectivity index is 2.12. The molecule has 3 atom stereocenters. The van der Waals surface area contributed by atoms with Gasteiger partial charge in [-0.15, -0.1) is 0 Å². The molecule has 0 amide bonds. The number of sulfone groups is 1. The quantitative estimate of drug-likeness (QED) is 0.577. The van der Waals surface area contributed by atoms with E-state index in [0.29, 0.717) is 0 Å². The topological polar surface area (TPSA) is 71.4 Å². The molecule has 0 aromatic carbocycles. The maximum absolute atomic E-state index is 10.8. The largest absolute Gasteiger partial charge is 0.481 e. The Morgan fingerprint density at radius 1 is 1.27 bits per heavy atom. The fraction of sp³-hybridized carbons (Fsp3) is 0.833. The van der Waals surface area contributed by atoms with E-state index in [9.17, 15) is 13.2 Å². The Bertz CT molecular complexity index is 287. The van der Waals surface area contributed by atoms with Crippen molar-refractivity contribution >= 4 is 15.8 Å². The van der Waals surface area contributed by atoms with Gasteiger partial charge in [-0.3, -0.25) is 4.79 Å². The highest BCUT2D eigenvalue weighted by Gasteiger charge is 2.62. The van der Waals surface area contributed by atoms with Crippen molar-refractivity contribution in [2.75, 3.05) is 11.5 Å². The number of hydrogen-bond donors (Lipinski definition) is 1. The second kappa shape index (κ2) is 1.77. The molecular formula is C6H8O4S. The van der Waals surface area contributed by atoms with E-state index in [4.69, 9.17) is 5.11 Å². The SMILES string of the molecule is O=C(O)[C@@H]1[C@@H]2CS(=O)(=O)C[C@@H]21. The summed E-state index contributed by atoms with van der Waals surface area (Å²) < 4.78 is 21.7. The average molecular weight is 176 g/mol. The van der Waals surface area contributed by atoms with Crippen LogP contribution in [0.5, 0.6) is 0 Å². The van der Waals surface area contributed by atoms with Gasteiger partial charge in [-0.05, 0) is 11.8 Å². The molecule has 62 valence electrons. The zero-order valence-electron chi connectivity index (χ0n) is 5.73. The van der Waals surface area contributed by atoms with Gasteiger partial charge in [-0.2, -0.15) is 0 Å². The average Bonchev–Trinajstić information content (AvgIpc) is 2.31. The highest BCUT2D eigenvalue weighted by molar-refractivity contribution is 7.91. The Kier molecular flexibility index (Phi) is 1.14. The van der Waals surface area contributed by atoms with Gasteiger partial charge in [0.05, 0.1) is 17.4 Å². The second-order valence-corrected chi connectivity index (χ2v) is 5.42. The Labute approximate surface area is 64.1 Å². The van der Waals surface area contributed by atoms with Gasteiger partial charge in [0.25, 0.3) is 0 Å². The molecule has 1 N–H and O–H groups in total. The van der Waals surface area contributed by atoms with Crippen molar-refractivity contribution in [3.8, 4) is 0 Å². The predicted molar refractivity (Wildman–Crippen MR) is 36.8 cm³/mol. The molecule has 0 aromatic heterocycles. The lowest BCUT2D eigenvalue weighted by Gasteiger charge is -1.97. The lowest BCUT2D eigenvalue weighted by Crippen LogP contribution is -2.14. The minimum atomic E-state index is -2.88. The number of hydrogen-bond acceptors (Lipinski definition) is 3. The summed E-state index contributed by atoms with van der Waals surface area (Å²) in [6.07, 6.45) is 0. The number of rotatable bonds is 1. The van der Waals surface area contributed by atoms with Crippen molar-refractivity contribution < 1.29 is 18.3 Å². The van der Waals surface area contributed by atoms with E-state index in [-0.39, 0.29) is 29.3 Å². The van der Waals surface area contributed by atoms with Crippen LogP contribution in [-0.2, 0) is 14.6 Å². The smallest absolute Gasteiger partial charge is 0.307 e. The van der Waals surface area contributed by atoms with Crippen LogP contribution in [0.2, 0.25) is 0 Å². The first-order valence-corrected chi connectivity index (χ1v) is 5.26. The number of carbonyl (C=O) groups is 1. The third-order valence-electron chi connectivity index (χ3n) is 2.51. The molecular weight excluding hydrogens is 168 g/mol. The maximum Gasteiger partial charge on any atom is 0.307 e. The molecule has 1 aliphatic carbocycles. The third kappa shape index (κ3) is 0.946. The van der Waals surface area contributed by atoms with E-state index in [1.54, 1.807) is 0 Å². The Morgan fingerprint density at radius 3 is 2.09 bits per heavy atom. The minimum Gasteiger partial charge on any atom is -0.481 e. The molecule has 0 bridgehead atoms. The maximum atomic E-state index is 10.8. The summed E-state index contributed by atoms with van der Waals surface area (Å²) in [5.41, 5.74) is 0. The summed E-state index contributed by atoms with van der Waals surface area (Å²) in [6.45, 7) is 0. The van der Waals surface area contributed by atoms with Crippen LogP contribution in [0.1, 0.15) is 0 Å². The number of carboxylic acid groups (broad SMARTS) is 1. The van der Waals surface area contributed by atoms with Crippen LogP contribution >= 0.6 is 0 Å². The van der Waals surface area contributed by atoms with Crippen LogP contribution in [0.25, 0.3) is 0 Å². The van der Waals surface area contributed by atoms with Crippen molar-refractivity contribution in [1.82, 2.24) is 0 Å². The van der Waals surface area contributed by atoms with Crippen molar-refractivity contribution in [3.63, 3.8) is 0 Å². The van der Waals surface area contributed by atoms with Crippen molar-refractivity contribution in [1.29, 1.82) is 0 Å². The third-order valence-corrected chi connectivity index (χ3v) is 4.30. The second-order valence-electron chi connectivity index (χ2n) is 3.27. The van der Waals surface area contributed by atoms with Gasteiger partial charge in [-0.25, -0.2) is 8.42 Å². The van der Waals surface area contributed by atoms with Gasteiger partial charge in [0, 0.05) is 0 Å². The Hall–Kier alpha value is -0.580. The predicted octanol–water partition coefficient (Wildman–Crippen LogP) is -0.638. The standard InChI is InChI=1S/C6H8O4S/c7-6(8)5-3-1-11(9,10)2-4(3)5/h3-5H,1-2H2,(H,7,8)/t3-,4+,5-. The first-order chi connectivity index (χ1) is 5.01. The lowest BCUT2D eigenvalue weighted by molar-refractivity contribution is -0.139. The lowest BCUT2D eigenvalue weighted by atomic mass is 10.3. The van der Waals surface area contributed by atoms with E-state index in [1.165, 1.54) is 0 Å². The molecule has 4 nitrogen and oxygen atoms in total. The summed E-state index contributed by atoms with van der Waals surface area (Å²) in [5.74, 6) is -1.16. The normalized spacial score (nSPS) is 44.9. The monoisotopic (exact) mass is 176 g/mol. The highest BCUT2D eigenvalue weighted by atomic mass is 32.2. The first-order valence-electron chi connectivity index (χ1n) is 3.44. The molecule has 2 aliphatic rings. The molecule has 0 aromatic rings. The molecule has 0 radical (unpaired) electrons. The van der Waals surface area contributed by atoms with Gasteiger partial charge in [0.1, 0.15) is 0 Å². The molecule has 1 saturated carbocycles. The van der Waals surface area contributed by atoms with Gasteiger partial charge in [-0.1, -0.05) is 0 Å². The zero-order chi connectivity index (χ0) is 8.22. The minimum absolute atomic E-state index is 0.0718.